The predicted octanol–water partition coefficient (Wildman–Crippen LogP) is 2.13. The maximum Gasteiger partial charge on any atom is 0.376 e. The van der Waals surface area contributed by atoms with E-state index < -0.39 is 5.97 Å². The molecule has 80 valence electrons. The first-order chi connectivity index (χ1) is 7.27. The van der Waals surface area contributed by atoms with Crippen molar-refractivity contribution in [3.05, 3.63) is 29.8 Å². The lowest BCUT2D eigenvalue weighted by Gasteiger charge is -2.07. The molecule has 0 radical (unpaired) electrons. The van der Waals surface area contributed by atoms with E-state index in [2.05, 4.69) is 6.92 Å². The van der Waals surface area contributed by atoms with Gasteiger partial charge in [0.25, 0.3) is 0 Å². The summed E-state index contributed by atoms with van der Waals surface area (Å²) in [5.41, 5.74) is 0.967. The van der Waals surface area contributed by atoms with E-state index in [1.165, 1.54) is 0 Å². The number of hydrogen-bond donors (Lipinski definition) is 0. The third-order valence-corrected chi connectivity index (χ3v) is 2.08. The van der Waals surface area contributed by atoms with Crippen molar-refractivity contribution in [3.63, 3.8) is 0 Å². The van der Waals surface area contributed by atoms with E-state index in [0.29, 0.717) is 5.75 Å². The van der Waals surface area contributed by atoms with Crippen molar-refractivity contribution >= 4 is 12.3 Å². The number of ether oxygens (including phenoxy) is 1. The van der Waals surface area contributed by atoms with E-state index in [-0.39, 0.29) is 6.29 Å². The van der Waals surface area contributed by atoms with Gasteiger partial charge in [-0.3, -0.25) is 4.79 Å². The molecular formula is C12H14O3. The zero-order valence-corrected chi connectivity index (χ0v) is 8.73. The third kappa shape index (κ3) is 3.54. The van der Waals surface area contributed by atoms with E-state index in [0.717, 1.165) is 24.8 Å². The van der Waals surface area contributed by atoms with Gasteiger partial charge in [-0.2, -0.15) is 0 Å². The standard InChI is InChI=1S/C12H14O3/c1-2-3-6-10-7-4-5-8-11(10)15-12(14)9-13/h4-5,7-9H,2-3,6H2,1H3. The molecule has 0 aliphatic carbocycles. The van der Waals surface area contributed by atoms with Crippen molar-refractivity contribution in [1.82, 2.24) is 0 Å². The van der Waals surface area contributed by atoms with Gasteiger partial charge < -0.3 is 4.74 Å². The van der Waals surface area contributed by atoms with Gasteiger partial charge in [-0.1, -0.05) is 31.5 Å². The van der Waals surface area contributed by atoms with Crippen LogP contribution in [0.25, 0.3) is 0 Å². The summed E-state index contributed by atoms with van der Waals surface area (Å²) in [7, 11) is 0. The van der Waals surface area contributed by atoms with Gasteiger partial charge in [0.1, 0.15) is 5.75 Å². The summed E-state index contributed by atoms with van der Waals surface area (Å²) < 4.78 is 4.88. The van der Waals surface area contributed by atoms with Crippen molar-refractivity contribution in [2.45, 2.75) is 26.2 Å². The van der Waals surface area contributed by atoms with Gasteiger partial charge in [-0.05, 0) is 24.5 Å². The Kier molecular flexibility index (Phi) is 4.54. The van der Waals surface area contributed by atoms with E-state index in [1.54, 1.807) is 12.1 Å². The SMILES string of the molecule is CCCCc1ccccc1OC(=O)C=O. The summed E-state index contributed by atoms with van der Waals surface area (Å²) in [6, 6.07) is 7.28. The Labute approximate surface area is 89.1 Å². The molecule has 1 aromatic rings. The number of unbranched alkanes of at least 4 members (excludes halogenated alkanes) is 1. The van der Waals surface area contributed by atoms with Crippen LogP contribution in [0.2, 0.25) is 0 Å². The number of benzene rings is 1. The summed E-state index contributed by atoms with van der Waals surface area (Å²) in [6.45, 7) is 2.10. The minimum Gasteiger partial charge on any atom is -0.421 e. The van der Waals surface area contributed by atoms with E-state index in [9.17, 15) is 9.59 Å². The highest BCUT2D eigenvalue weighted by Crippen LogP contribution is 2.19. The lowest BCUT2D eigenvalue weighted by Crippen LogP contribution is -2.09. The molecular weight excluding hydrogens is 192 g/mol. The van der Waals surface area contributed by atoms with Crippen LogP contribution in [0.1, 0.15) is 25.3 Å². The van der Waals surface area contributed by atoms with Gasteiger partial charge in [0.05, 0.1) is 0 Å². The van der Waals surface area contributed by atoms with Crippen molar-refractivity contribution < 1.29 is 14.3 Å². The van der Waals surface area contributed by atoms with Crippen molar-refractivity contribution in [3.8, 4) is 5.75 Å². The van der Waals surface area contributed by atoms with Crippen LogP contribution >= 0.6 is 0 Å². The van der Waals surface area contributed by atoms with E-state index in [4.69, 9.17) is 4.74 Å². The first-order valence-corrected chi connectivity index (χ1v) is 5.02. The molecule has 0 unspecified atom stereocenters. The third-order valence-electron chi connectivity index (χ3n) is 2.08. The summed E-state index contributed by atoms with van der Waals surface area (Å²) in [6.07, 6.45) is 3.15. The summed E-state index contributed by atoms with van der Waals surface area (Å²) in [5.74, 6) is -0.359. The molecule has 0 heterocycles. The van der Waals surface area contributed by atoms with Crippen molar-refractivity contribution in [2.24, 2.45) is 0 Å². The number of carbonyl (C=O) groups excluding carboxylic acids is 2. The van der Waals surface area contributed by atoms with Crippen LogP contribution in [0.4, 0.5) is 0 Å². The quantitative estimate of drug-likeness (QED) is 0.321. The zero-order chi connectivity index (χ0) is 11.1. The van der Waals surface area contributed by atoms with Crippen LogP contribution in [0.15, 0.2) is 24.3 Å². The molecule has 1 rings (SSSR count). The highest BCUT2D eigenvalue weighted by molar-refractivity contribution is 6.21. The Morgan fingerprint density at radius 3 is 2.80 bits per heavy atom. The molecule has 0 aromatic heterocycles. The number of aldehydes is 1. The van der Waals surface area contributed by atoms with Crippen LogP contribution in [0.3, 0.4) is 0 Å². The highest BCUT2D eigenvalue weighted by Gasteiger charge is 2.06. The van der Waals surface area contributed by atoms with Crippen LogP contribution in [-0.4, -0.2) is 12.3 Å². The first kappa shape index (κ1) is 11.4. The minimum absolute atomic E-state index is 0.177. The van der Waals surface area contributed by atoms with Crippen molar-refractivity contribution in [2.75, 3.05) is 0 Å². The molecule has 15 heavy (non-hydrogen) atoms. The van der Waals surface area contributed by atoms with Crippen LogP contribution in [0.5, 0.6) is 5.75 Å². The maximum atomic E-state index is 10.8. The average molecular weight is 206 g/mol. The molecule has 3 nitrogen and oxygen atoms in total. The van der Waals surface area contributed by atoms with Gasteiger partial charge in [0, 0.05) is 0 Å². The Morgan fingerprint density at radius 1 is 1.40 bits per heavy atom. The smallest absolute Gasteiger partial charge is 0.376 e. The van der Waals surface area contributed by atoms with E-state index >= 15 is 0 Å². The maximum absolute atomic E-state index is 10.8. The normalized spacial score (nSPS) is 9.67. The summed E-state index contributed by atoms with van der Waals surface area (Å²) >= 11 is 0. The molecule has 0 saturated heterocycles. The number of esters is 1. The predicted molar refractivity (Wildman–Crippen MR) is 56.8 cm³/mol. The second-order valence-electron chi connectivity index (χ2n) is 3.25. The summed E-state index contributed by atoms with van der Waals surface area (Å²) in [4.78, 5) is 21.0. The molecule has 0 atom stereocenters. The fraction of sp³-hybridized carbons (Fsp3) is 0.333. The van der Waals surface area contributed by atoms with E-state index in [1.807, 2.05) is 12.1 Å². The Morgan fingerprint density at radius 2 is 2.13 bits per heavy atom. The van der Waals surface area contributed by atoms with Crippen LogP contribution < -0.4 is 4.74 Å². The van der Waals surface area contributed by atoms with Gasteiger partial charge in [0.2, 0.25) is 6.29 Å². The number of hydrogen-bond acceptors (Lipinski definition) is 3. The highest BCUT2D eigenvalue weighted by atomic mass is 16.5. The molecule has 0 aliphatic heterocycles. The molecule has 1 aromatic carbocycles. The summed E-state index contributed by atoms with van der Waals surface area (Å²) in [5, 5.41) is 0. The molecule has 0 amide bonds. The second kappa shape index (κ2) is 5.96. The Hall–Kier alpha value is -1.64. The topological polar surface area (TPSA) is 43.4 Å². The molecule has 0 aliphatic rings. The molecule has 3 heteroatoms. The number of aryl methyl sites for hydroxylation is 1. The second-order valence-corrected chi connectivity index (χ2v) is 3.25. The monoisotopic (exact) mass is 206 g/mol. The lowest BCUT2D eigenvalue weighted by molar-refractivity contribution is -0.141. The fourth-order valence-corrected chi connectivity index (χ4v) is 1.31. The Bertz CT molecular complexity index is 344. The van der Waals surface area contributed by atoms with Gasteiger partial charge in [-0.15, -0.1) is 0 Å². The number of para-hydroxylation sites is 1. The van der Waals surface area contributed by atoms with Crippen molar-refractivity contribution in [1.29, 1.82) is 0 Å². The lowest BCUT2D eigenvalue weighted by atomic mass is 10.1. The molecule has 0 spiro atoms. The first-order valence-electron chi connectivity index (χ1n) is 5.02. The minimum atomic E-state index is -0.848. The molecule has 0 fully saturated rings. The largest absolute Gasteiger partial charge is 0.421 e. The Balaban J connectivity index is 2.76. The zero-order valence-electron chi connectivity index (χ0n) is 8.73. The fourth-order valence-electron chi connectivity index (χ4n) is 1.31. The van der Waals surface area contributed by atoms with Gasteiger partial charge in [0.15, 0.2) is 0 Å². The van der Waals surface area contributed by atoms with Crippen LogP contribution in [-0.2, 0) is 16.0 Å². The molecule has 0 N–H and O–H groups in total. The molecule has 0 saturated carbocycles. The number of carbonyl (C=O) groups is 2. The number of rotatable bonds is 5. The van der Waals surface area contributed by atoms with Gasteiger partial charge >= 0.3 is 5.97 Å². The average Bonchev–Trinajstić information content (AvgIpc) is 2.28. The van der Waals surface area contributed by atoms with Crippen LogP contribution in [0, 0.1) is 0 Å². The molecule has 0 bridgehead atoms. The van der Waals surface area contributed by atoms with Gasteiger partial charge in [-0.25, -0.2) is 4.79 Å².